The Morgan fingerprint density at radius 2 is 1.79 bits per heavy atom. The van der Waals surface area contributed by atoms with Crippen LogP contribution in [0.1, 0.15) is 76.7 Å². The Morgan fingerprint density at radius 3 is 2.42 bits per heavy atom. The van der Waals surface area contributed by atoms with Gasteiger partial charge in [0.1, 0.15) is 11.3 Å². The average Bonchev–Trinajstić information content (AvgIpc) is 3.15. The van der Waals surface area contributed by atoms with Crippen LogP contribution in [0, 0.1) is 11.3 Å². The van der Waals surface area contributed by atoms with E-state index < -0.39 is 5.54 Å². The van der Waals surface area contributed by atoms with Crippen molar-refractivity contribution in [2.24, 2.45) is 0 Å². The van der Waals surface area contributed by atoms with Gasteiger partial charge >= 0.3 is 0 Å². The number of aromatic nitrogens is 3. The molecule has 2 aliphatic rings. The number of nitrogens with one attached hydrogen (secondary N) is 1. The van der Waals surface area contributed by atoms with Gasteiger partial charge in [-0.25, -0.2) is 0 Å². The van der Waals surface area contributed by atoms with Crippen LogP contribution in [0.3, 0.4) is 0 Å². The van der Waals surface area contributed by atoms with E-state index in [2.05, 4.69) is 26.2 Å². The number of hydrogen-bond acceptors (Lipinski definition) is 6. The monoisotopic (exact) mass is 467 g/mol. The molecule has 8 heteroatoms. The Bertz CT molecular complexity index is 968. The smallest absolute Gasteiger partial charge is 0.231 e. The van der Waals surface area contributed by atoms with Gasteiger partial charge in [0, 0.05) is 11.6 Å². The third-order valence-corrected chi connectivity index (χ3v) is 7.78. The second-order valence-electron chi connectivity index (χ2n) is 9.14. The summed E-state index contributed by atoms with van der Waals surface area (Å²) in [4.78, 5) is 12.8. The molecule has 4 rings (SSSR count). The molecular weight excluding hydrogens is 434 g/mol. The lowest BCUT2D eigenvalue weighted by molar-refractivity contribution is -0.120. The lowest BCUT2D eigenvalue weighted by atomic mass is 9.92. The first-order valence-corrected chi connectivity index (χ1v) is 13.1. The maximum absolute atomic E-state index is 12.8. The number of ether oxygens (including phenoxy) is 1. The van der Waals surface area contributed by atoms with Crippen molar-refractivity contribution in [3.05, 3.63) is 24.3 Å². The van der Waals surface area contributed by atoms with E-state index in [1.165, 1.54) is 31.0 Å². The predicted octanol–water partition coefficient (Wildman–Crippen LogP) is 5.28. The van der Waals surface area contributed by atoms with E-state index in [0.29, 0.717) is 6.04 Å². The van der Waals surface area contributed by atoms with Gasteiger partial charge in [-0.2, -0.15) is 5.26 Å². The molecule has 1 aromatic heterocycles. The molecule has 2 saturated carbocycles. The quantitative estimate of drug-likeness (QED) is 0.440. The number of rotatable bonds is 7. The Morgan fingerprint density at radius 1 is 1.12 bits per heavy atom. The summed E-state index contributed by atoms with van der Waals surface area (Å²) in [6.07, 6.45) is 11.6. The first-order chi connectivity index (χ1) is 16.1. The van der Waals surface area contributed by atoms with Gasteiger partial charge in [0.15, 0.2) is 11.0 Å². The zero-order valence-corrected chi connectivity index (χ0v) is 20.2. The molecule has 0 unspecified atom stereocenters. The molecule has 176 valence electrons. The van der Waals surface area contributed by atoms with Gasteiger partial charge < -0.3 is 10.1 Å². The van der Waals surface area contributed by atoms with Crippen molar-refractivity contribution in [2.45, 2.75) is 87.4 Å². The number of carbonyl (C=O) groups excluding carboxylic acids is 1. The summed E-state index contributed by atoms with van der Waals surface area (Å²) in [6, 6.07) is 10.6. The summed E-state index contributed by atoms with van der Waals surface area (Å²) in [5.74, 6) is 1.77. The first kappa shape index (κ1) is 23.6. The third-order valence-electron chi connectivity index (χ3n) is 6.83. The predicted molar refractivity (Wildman–Crippen MR) is 129 cm³/mol. The summed E-state index contributed by atoms with van der Waals surface area (Å²) in [5, 5.41) is 22.6. The van der Waals surface area contributed by atoms with E-state index >= 15 is 0 Å². The normalized spacial score (nSPS) is 18.8. The van der Waals surface area contributed by atoms with Gasteiger partial charge in [0.25, 0.3) is 0 Å². The highest BCUT2D eigenvalue weighted by atomic mass is 32.2. The van der Waals surface area contributed by atoms with Gasteiger partial charge in [-0.1, -0.05) is 56.7 Å². The summed E-state index contributed by atoms with van der Waals surface area (Å²) in [7, 11) is 1.66. The van der Waals surface area contributed by atoms with Crippen LogP contribution in [0.15, 0.2) is 29.4 Å². The number of amides is 1. The van der Waals surface area contributed by atoms with Crippen LogP contribution >= 0.6 is 11.8 Å². The summed E-state index contributed by atoms with van der Waals surface area (Å²) >= 11 is 1.42. The van der Waals surface area contributed by atoms with Crippen LogP contribution in [-0.2, 0) is 4.79 Å². The number of nitrogens with zero attached hydrogens (tertiary/aromatic N) is 4. The van der Waals surface area contributed by atoms with E-state index in [4.69, 9.17) is 4.74 Å². The van der Waals surface area contributed by atoms with Gasteiger partial charge in [0.2, 0.25) is 5.91 Å². The Hall–Kier alpha value is -2.53. The minimum Gasteiger partial charge on any atom is -0.497 e. The van der Waals surface area contributed by atoms with Gasteiger partial charge in [0.05, 0.1) is 18.9 Å². The molecule has 1 aromatic carbocycles. The SMILES string of the molecule is COc1ccc(-c2nnc(SCC(=O)NC3(C#N)CCCCCC3)n2C2CCCCC2)cc1. The lowest BCUT2D eigenvalue weighted by Gasteiger charge is -2.27. The molecule has 1 heterocycles. The number of methoxy groups -OCH3 is 1. The topological polar surface area (TPSA) is 92.8 Å². The lowest BCUT2D eigenvalue weighted by Crippen LogP contribution is -2.47. The average molecular weight is 468 g/mol. The van der Waals surface area contributed by atoms with Crippen molar-refractivity contribution < 1.29 is 9.53 Å². The van der Waals surface area contributed by atoms with E-state index in [1.807, 2.05) is 24.3 Å². The van der Waals surface area contributed by atoms with Crippen LogP contribution in [-0.4, -0.2) is 39.1 Å². The van der Waals surface area contributed by atoms with Crippen molar-refractivity contribution in [3.63, 3.8) is 0 Å². The molecule has 0 atom stereocenters. The second kappa shape index (κ2) is 11.1. The van der Waals surface area contributed by atoms with Crippen LogP contribution < -0.4 is 10.1 Å². The molecule has 7 nitrogen and oxygen atoms in total. The third kappa shape index (κ3) is 5.70. The molecule has 2 fully saturated rings. The maximum Gasteiger partial charge on any atom is 0.231 e. The Kier molecular flexibility index (Phi) is 7.92. The standard InChI is InChI=1S/C25H33N5O2S/c1-32-21-13-11-19(12-14-21)23-28-29-24(30(23)20-9-5-4-6-10-20)33-17-22(31)27-25(18-26)15-7-2-3-8-16-25/h11-14,20H,2-10,15-17H2,1H3,(H,27,31). The van der Waals surface area contributed by atoms with Crippen LogP contribution in [0.5, 0.6) is 5.75 Å². The fourth-order valence-corrected chi connectivity index (χ4v) is 5.82. The minimum absolute atomic E-state index is 0.104. The summed E-state index contributed by atoms with van der Waals surface area (Å²) in [5.41, 5.74) is 0.270. The number of benzene rings is 1. The molecule has 2 aliphatic carbocycles. The first-order valence-electron chi connectivity index (χ1n) is 12.1. The maximum atomic E-state index is 12.8. The summed E-state index contributed by atoms with van der Waals surface area (Å²) in [6.45, 7) is 0. The number of nitriles is 1. The van der Waals surface area contributed by atoms with E-state index in [9.17, 15) is 10.1 Å². The van der Waals surface area contributed by atoms with Crippen molar-refractivity contribution in [3.8, 4) is 23.2 Å². The zero-order chi connectivity index (χ0) is 23.1. The largest absolute Gasteiger partial charge is 0.497 e. The molecule has 0 saturated heterocycles. The number of hydrogen-bond donors (Lipinski definition) is 1. The number of carbonyl (C=O) groups is 1. The van der Waals surface area contributed by atoms with E-state index in [-0.39, 0.29) is 11.7 Å². The van der Waals surface area contributed by atoms with Gasteiger partial charge in [-0.15, -0.1) is 10.2 Å². The highest BCUT2D eigenvalue weighted by molar-refractivity contribution is 7.99. The number of thioether (sulfide) groups is 1. The highest BCUT2D eigenvalue weighted by Crippen LogP contribution is 2.36. The molecule has 0 aliphatic heterocycles. The van der Waals surface area contributed by atoms with Crippen molar-refractivity contribution >= 4 is 17.7 Å². The molecule has 0 spiro atoms. The molecule has 1 N–H and O–H groups in total. The van der Waals surface area contributed by atoms with Crippen molar-refractivity contribution in [1.29, 1.82) is 5.26 Å². The highest BCUT2D eigenvalue weighted by Gasteiger charge is 2.33. The van der Waals surface area contributed by atoms with Crippen LogP contribution in [0.4, 0.5) is 0 Å². The van der Waals surface area contributed by atoms with Crippen molar-refractivity contribution in [1.82, 2.24) is 20.1 Å². The molecule has 0 radical (unpaired) electrons. The molecule has 33 heavy (non-hydrogen) atoms. The van der Waals surface area contributed by atoms with E-state index in [0.717, 1.165) is 73.7 Å². The van der Waals surface area contributed by atoms with Crippen LogP contribution in [0.2, 0.25) is 0 Å². The van der Waals surface area contributed by atoms with Gasteiger partial charge in [-0.3, -0.25) is 9.36 Å². The molecule has 0 bridgehead atoms. The zero-order valence-electron chi connectivity index (χ0n) is 19.4. The molecule has 2 aromatic rings. The van der Waals surface area contributed by atoms with Gasteiger partial charge in [-0.05, 0) is 49.9 Å². The minimum atomic E-state index is -0.723. The fraction of sp³-hybridized carbons (Fsp3) is 0.600. The Labute approximate surface area is 200 Å². The molecule has 1 amide bonds. The van der Waals surface area contributed by atoms with E-state index in [1.54, 1.807) is 7.11 Å². The van der Waals surface area contributed by atoms with Crippen molar-refractivity contribution in [2.75, 3.05) is 12.9 Å². The Balaban J connectivity index is 1.51. The molecular formula is C25H33N5O2S. The second-order valence-corrected chi connectivity index (χ2v) is 10.1. The summed E-state index contributed by atoms with van der Waals surface area (Å²) < 4.78 is 7.52. The fourth-order valence-electron chi connectivity index (χ4n) is 5.01. The van der Waals surface area contributed by atoms with Crippen LogP contribution in [0.25, 0.3) is 11.4 Å².